The third-order valence-electron chi connectivity index (χ3n) is 3.61. The number of rotatable bonds is 7. The normalized spacial score (nSPS) is 11.5. The summed E-state index contributed by atoms with van der Waals surface area (Å²) in [6, 6.07) is 13.1. The zero-order valence-electron chi connectivity index (χ0n) is 15.0. The van der Waals surface area contributed by atoms with Crippen molar-refractivity contribution in [1.29, 1.82) is 0 Å². The van der Waals surface area contributed by atoms with E-state index in [1.807, 2.05) is 61.5 Å². The zero-order valence-corrected chi connectivity index (χ0v) is 15.7. The Balaban J connectivity index is 2.15. The fraction of sp³-hybridized carbons (Fsp3) is 0.190. The Hall–Kier alpha value is -2.72. The quantitative estimate of drug-likeness (QED) is 0.394. The van der Waals surface area contributed by atoms with Gasteiger partial charge in [-0.05, 0) is 41.8 Å². The van der Waals surface area contributed by atoms with Gasteiger partial charge in [-0.3, -0.25) is 0 Å². The summed E-state index contributed by atoms with van der Waals surface area (Å²) in [4.78, 5) is 12.0. The Morgan fingerprint density at radius 1 is 1.15 bits per heavy atom. The largest absolute Gasteiger partial charge is 0.503 e. The molecule has 5 heteroatoms. The van der Waals surface area contributed by atoms with Crippen molar-refractivity contribution >= 4 is 29.2 Å². The van der Waals surface area contributed by atoms with E-state index in [-0.39, 0.29) is 0 Å². The molecule has 4 nitrogen and oxygen atoms in total. The van der Waals surface area contributed by atoms with Crippen molar-refractivity contribution in [1.82, 2.24) is 0 Å². The van der Waals surface area contributed by atoms with Crippen LogP contribution in [0.4, 0.5) is 0 Å². The number of halogens is 1. The van der Waals surface area contributed by atoms with Crippen molar-refractivity contribution in [2.45, 2.75) is 6.92 Å². The summed E-state index contributed by atoms with van der Waals surface area (Å²) in [6.45, 7) is 2.32. The number of carbonyl (C=O) groups is 1. The lowest BCUT2D eigenvalue weighted by atomic mass is 10.0. The maximum atomic E-state index is 12.0. The van der Waals surface area contributed by atoms with E-state index >= 15 is 0 Å². The number of carbonyl (C=O) groups excluding carboxylic acids is 1. The first-order valence-corrected chi connectivity index (χ1v) is 8.40. The highest BCUT2D eigenvalue weighted by Crippen LogP contribution is 2.25. The third-order valence-corrected chi connectivity index (χ3v) is 3.91. The highest BCUT2D eigenvalue weighted by atomic mass is 35.5. The molecule has 2 aromatic carbocycles. The SMILES string of the molecule is COC=C(C(=O)OC)c1ccccc1C=CCOc1ccc(C)cc1Cl. The van der Waals surface area contributed by atoms with E-state index < -0.39 is 5.97 Å². The van der Waals surface area contributed by atoms with Crippen molar-refractivity contribution in [2.24, 2.45) is 0 Å². The van der Waals surface area contributed by atoms with E-state index in [0.29, 0.717) is 28.5 Å². The van der Waals surface area contributed by atoms with Gasteiger partial charge < -0.3 is 14.2 Å². The van der Waals surface area contributed by atoms with Crippen molar-refractivity contribution in [2.75, 3.05) is 20.8 Å². The van der Waals surface area contributed by atoms with Gasteiger partial charge >= 0.3 is 5.97 Å². The molecule has 2 rings (SSSR count). The highest BCUT2D eigenvalue weighted by molar-refractivity contribution is 6.32. The van der Waals surface area contributed by atoms with Gasteiger partial charge in [0.2, 0.25) is 0 Å². The Morgan fingerprint density at radius 2 is 1.92 bits per heavy atom. The number of esters is 1. The molecule has 0 radical (unpaired) electrons. The standard InChI is InChI=1S/C21H21ClO4/c1-15-10-11-20(19(22)13-15)26-12-6-8-16-7-4-5-9-17(16)18(14-24-2)21(23)25-3/h4-11,13-14H,12H2,1-3H3. The monoisotopic (exact) mass is 372 g/mol. The first kappa shape index (κ1) is 19.6. The van der Waals surface area contributed by atoms with Crippen molar-refractivity contribution in [3.63, 3.8) is 0 Å². The van der Waals surface area contributed by atoms with E-state index in [1.54, 1.807) is 0 Å². The average Bonchev–Trinajstić information content (AvgIpc) is 2.64. The van der Waals surface area contributed by atoms with Crippen LogP contribution < -0.4 is 4.74 Å². The van der Waals surface area contributed by atoms with E-state index in [9.17, 15) is 4.79 Å². The van der Waals surface area contributed by atoms with Crippen LogP contribution >= 0.6 is 11.6 Å². The maximum absolute atomic E-state index is 12.0. The van der Waals surface area contributed by atoms with Gasteiger partial charge in [0.05, 0.1) is 25.5 Å². The van der Waals surface area contributed by atoms with Crippen molar-refractivity contribution < 1.29 is 19.0 Å². The Morgan fingerprint density at radius 3 is 2.62 bits per heavy atom. The van der Waals surface area contributed by atoms with Crippen molar-refractivity contribution in [3.8, 4) is 5.75 Å². The molecule has 2 aromatic rings. The molecule has 0 aromatic heterocycles. The number of ether oxygens (including phenoxy) is 3. The van der Waals surface area contributed by atoms with Gasteiger partial charge in [-0.2, -0.15) is 0 Å². The molecule has 0 aliphatic rings. The molecular formula is C21H21ClO4. The molecule has 0 atom stereocenters. The molecule has 0 saturated heterocycles. The molecule has 0 saturated carbocycles. The Kier molecular flexibility index (Phi) is 7.30. The molecular weight excluding hydrogens is 352 g/mol. The topological polar surface area (TPSA) is 44.8 Å². The van der Waals surface area contributed by atoms with Gasteiger partial charge in [0.1, 0.15) is 17.9 Å². The molecule has 0 N–H and O–H groups in total. The minimum atomic E-state index is -0.463. The second kappa shape index (κ2) is 9.68. The molecule has 0 fully saturated rings. The van der Waals surface area contributed by atoms with Gasteiger partial charge in [0.15, 0.2) is 0 Å². The lowest BCUT2D eigenvalue weighted by Gasteiger charge is -2.09. The van der Waals surface area contributed by atoms with Crippen LogP contribution in [-0.4, -0.2) is 26.8 Å². The molecule has 0 spiro atoms. The second-order valence-corrected chi connectivity index (χ2v) is 5.90. The molecule has 0 aliphatic carbocycles. The van der Waals surface area contributed by atoms with Gasteiger partial charge in [-0.25, -0.2) is 4.79 Å². The lowest BCUT2D eigenvalue weighted by Crippen LogP contribution is -2.05. The first-order chi connectivity index (χ1) is 12.6. The maximum Gasteiger partial charge on any atom is 0.341 e. The number of hydrogen-bond donors (Lipinski definition) is 0. The molecule has 0 bridgehead atoms. The molecule has 136 valence electrons. The van der Waals surface area contributed by atoms with E-state index in [2.05, 4.69) is 0 Å². The van der Waals surface area contributed by atoms with Crippen LogP contribution in [0.25, 0.3) is 11.6 Å². The number of methoxy groups -OCH3 is 2. The minimum absolute atomic E-state index is 0.345. The van der Waals surface area contributed by atoms with Crippen LogP contribution in [0.5, 0.6) is 5.75 Å². The average molecular weight is 373 g/mol. The minimum Gasteiger partial charge on any atom is -0.503 e. The molecule has 0 unspecified atom stereocenters. The summed E-state index contributed by atoms with van der Waals surface area (Å²) < 4.78 is 15.5. The number of benzene rings is 2. The highest BCUT2D eigenvalue weighted by Gasteiger charge is 2.15. The lowest BCUT2D eigenvalue weighted by molar-refractivity contribution is -0.133. The Bertz CT molecular complexity index is 825. The predicted molar refractivity (Wildman–Crippen MR) is 104 cm³/mol. The first-order valence-electron chi connectivity index (χ1n) is 8.03. The fourth-order valence-electron chi connectivity index (χ4n) is 2.37. The number of aryl methyl sites for hydroxylation is 1. The van der Waals surface area contributed by atoms with Gasteiger partial charge in [0, 0.05) is 0 Å². The smallest absolute Gasteiger partial charge is 0.341 e. The summed E-state index contributed by atoms with van der Waals surface area (Å²) in [5.41, 5.74) is 2.98. The van der Waals surface area contributed by atoms with Gasteiger partial charge in [0.25, 0.3) is 0 Å². The van der Waals surface area contributed by atoms with Gasteiger partial charge in [-0.1, -0.05) is 48.0 Å². The van der Waals surface area contributed by atoms with Crippen LogP contribution in [0.15, 0.2) is 54.8 Å². The zero-order chi connectivity index (χ0) is 18.9. The summed E-state index contributed by atoms with van der Waals surface area (Å²) in [6.07, 6.45) is 5.11. The second-order valence-electron chi connectivity index (χ2n) is 5.49. The fourth-order valence-corrected chi connectivity index (χ4v) is 2.66. The summed E-state index contributed by atoms with van der Waals surface area (Å²) in [5, 5.41) is 0.579. The van der Waals surface area contributed by atoms with E-state index in [1.165, 1.54) is 20.5 Å². The van der Waals surface area contributed by atoms with Gasteiger partial charge in [-0.15, -0.1) is 0 Å². The Labute approximate surface area is 158 Å². The van der Waals surface area contributed by atoms with E-state index in [4.69, 9.17) is 25.8 Å². The molecule has 0 heterocycles. The predicted octanol–water partition coefficient (Wildman–Crippen LogP) is 4.90. The third kappa shape index (κ3) is 5.14. The van der Waals surface area contributed by atoms with E-state index in [0.717, 1.165) is 11.1 Å². The summed E-state index contributed by atoms with van der Waals surface area (Å²) in [5.74, 6) is 0.167. The van der Waals surface area contributed by atoms with Crippen LogP contribution in [0, 0.1) is 6.92 Å². The van der Waals surface area contributed by atoms with Crippen molar-refractivity contribution in [3.05, 3.63) is 76.5 Å². The molecule has 0 aliphatic heterocycles. The summed E-state index contributed by atoms with van der Waals surface area (Å²) in [7, 11) is 2.82. The molecule has 26 heavy (non-hydrogen) atoms. The molecule has 0 amide bonds. The van der Waals surface area contributed by atoms with Crippen LogP contribution in [-0.2, 0) is 14.3 Å². The van der Waals surface area contributed by atoms with Crippen LogP contribution in [0.3, 0.4) is 0 Å². The van der Waals surface area contributed by atoms with Crippen LogP contribution in [0.1, 0.15) is 16.7 Å². The summed E-state index contributed by atoms with van der Waals surface area (Å²) >= 11 is 6.16. The van der Waals surface area contributed by atoms with Crippen LogP contribution in [0.2, 0.25) is 5.02 Å². The number of hydrogen-bond acceptors (Lipinski definition) is 4.